The van der Waals surface area contributed by atoms with Crippen LogP contribution in [0.25, 0.3) is 0 Å². The van der Waals surface area contributed by atoms with E-state index in [2.05, 4.69) is 67.8 Å². The second-order valence-corrected chi connectivity index (χ2v) is 17.2. The molecule has 0 saturated carbocycles. The molecule has 60 heavy (non-hydrogen) atoms. The van der Waals surface area contributed by atoms with Gasteiger partial charge < -0.3 is 20.3 Å². The summed E-state index contributed by atoms with van der Waals surface area (Å²) in [7, 11) is 0. The van der Waals surface area contributed by atoms with Crippen molar-refractivity contribution in [3.63, 3.8) is 0 Å². The van der Waals surface area contributed by atoms with E-state index in [9.17, 15) is 19.8 Å². The van der Waals surface area contributed by atoms with Gasteiger partial charge in [0.2, 0.25) is 5.91 Å². The molecular weight excluding hydrogens is 743 g/mol. The maximum Gasteiger partial charge on any atom is 0.305 e. The second kappa shape index (κ2) is 49.2. The summed E-state index contributed by atoms with van der Waals surface area (Å²) >= 11 is 0. The molecule has 6 heteroatoms. The van der Waals surface area contributed by atoms with E-state index in [-0.39, 0.29) is 18.5 Å². The van der Waals surface area contributed by atoms with Crippen LogP contribution in [0.15, 0.2) is 60.8 Å². The Labute approximate surface area is 371 Å². The lowest BCUT2D eigenvalue weighted by atomic mass is 10.1. The van der Waals surface area contributed by atoms with E-state index in [1.54, 1.807) is 6.08 Å². The van der Waals surface area contributed by atoms with Crippen molar-refractivity contribution in [2.45, 2.75) is 257 Å². The van der Waals surface area contributed by atoms with E-state index in [0.29, 0.717) is 19.4 Å². The molecule has 0 aromatic rings. The topological polar surface area (TPSA) is 95.9 Å². The lowest BCUT2D eigenvalue weighted by Gasteiger charge is -2.20. The number of amides is 1. The van der Waals surface area contributed by atoms with E-state index < -0.39 is 12.1 Å². The third-order valence-electron chi connectivity index (χ3n) is 11.3. The highest BCUT2D eigenvalue weighted by atomic mass is 16.5. The Morgan fingerprint density at radius 3 is 1.40 bits per heavy atom. The van der Waals surface area contributed by atoms with Gasteiger partial charge in [0.05, 0.1) is 25.4 Å². The number of aliphatic hydroxyl groups excluding tert-OH is 2. The van der Waals surface area contributed by atoms with Gasteiger partial charge in [0, 0.05) is 12.8 Å². The molecule has 0 radical (unpaired) electrons. The van der Waals surface area contributed by atoms with E-state index in [1.165, 1.54) is 135 Å². The summed E-state index contributed by atoms with van der Waals surface area (Å²) in [5.41, 5.74) is 0. The predicted octanol–water partition coefficient (Wildman–Crippen LogP) is 15.2. The van der Waals surface area contributed by atoms with Crippen molar-refractivity contribution in [2.24, 2.45) is 0 Å². The lowest BCUT2D eigenvalue weighted by molar-refractivity contribution is -0.143. The molecule has 0 heterocycles. The van der Waals surface area contributed by atoms with Crippen molar-refractivity contribution < 1.29 is 24.5 Å². The second-order valence-electron chi connectivity index (χ2n) is 17.2. The van der Waals surface area contributed by atoms with Gasteiger partial charge >= 0.3 is 5.97 Å². The third-order valence-corrected chi connectivity index (χ3v) is 11.3. The highest BCUT2D eigenvalue weighted by Crippen LogP contribution is 2.14. The van der Waals surface area contributed by atoms with Gasteiger partial charge in [-0.05, 0) is 96.3 Å². The first-order valence-corrected chi connectivity index (χ1v) is 25.6. The van der Waals surface area contributed by atoms with Crippen molar-refractivity contribution >= 4 is 11.9 Å². The van der Waals surface area contributed by atoms with Crippen LogP contribution in [0.1, 0.15) is 245 Å². The van der Waals surface area contributed by atoms with Crippen LogP contribution >= 0.6 is 0 Å². The molecule has 0 aromatic carbocycles. The monoisotopic (exact) mass is 840 g/mol. The Morgan fingerprint density at radius 2 is 0.883 bits per heavy atom. The van der Waals surface area contributed by atoms with Crippen molar-refractivity contribution in [2.75, 3.05) is 13.2 Å². The minimum atomic E-state index is -0.858. The standard InChI is InChI=1S/C54H97NO5/c1-3-5-7-9-11-13-14-15-16-17-18-19-22-25-28-32-36-40-44-48-54(59)60-49-45-41-37-33-29-26-23-20-21-24-27-31-35-39-43-47-53(58)55-51(50-56)52(57)46-42-38-34-30-12-10-8-6-4-2/h11,13,15-16,20,23,26,29,42,46,51-52,56-57H,3-10,12,14,17-19,21-22,24-25,27-28,30-41,43-45,47-50H2,1-2H3,(H,55,58)/b13-11-,16-15-,23-20-,29-26-,46-42+. The molecule has 0 fully saturated rings. The first-order chi connectivity index (χ1) is 29.5. The largest absolute Gasteiger partial charge is 0.466 e. The quantitative estimate of drug-likeness (QED) is 0.0246. The fraction of sp³-hybridized carbons (Fsp3) is 0.778. The van der Waals surface area contributed by atoms with Crippen molar-refractivity contribution in [1.29, 1.82) is 0 Å². The van der Waals surface area contributed by atoms with E-state index in [0.717, 1.165) is 83.5 Å². The smallest absolute Gasteiger partial charge is 0.305 e. The van der Waals surface area contributed by atoms with Gasteiger partial charge in [-0.25, -0.2) is 0 Å². The first kappa shape index (κ1) is 57.6. The molecule has 3 N–H and O–H groups in total. The minimum absolute atomic E-state index is 0.0282. The summed E-state index contributed by atoms with van der Waals surface area (Å²) in [4.78, 5) is 24.4. The molecule has 0 aromatic heterocycles. The molecule has 0 spiro atoms. The van der Waals surface area contributed by atoms with Gasteiger partial charge in [-0.3, -0.25) is 9.59 Å². The lowest BCUT2D eigenvalue weighted by Crippen LogP contribution is -2.45. The molecule has 0 rings (SSSR count). The van der Waals surface area contributed by atoms with Crippen LogP contribution in [0.2, 0.25) is 0 Å². The van der Waals surface area contributed by atoms with Gasteiger partial charge in [-0.1, -0.05) is 197 Å². The number of nitrogens with one attached hydrogen (secondary N) is 1. The van der Waals surface area contributed by atoms with Crippen LogP contribution < -0.4 is 5.32 Å². The highest BCUT2D eigenvalue weighted by Gasteiger charge is 2.18. The summed E-state index contributed by atoms with van der Waals surface area (Å²) in [5.74, 6) is -0.124. The molecule has 2 unspecified atom stereocenters. The number of carbonyl (C=O) groups excluding carboxylic acids is 2. The number of aliphatic hydroxyl groups is 2. The van der Waals surface area contributed by atoms with Crippen LogP contribution in [0.3, 0.4) is 0 Å². The summed E-state index contributed by atoms with van der Waals surface area (Å²) < 4.78 is 5.45. The predicted molar refractivity (Wildman–Crippen MR) is 259 cm³/mol. The number of esters is 1. The molecule has 6 nitrogen and oxygen atoms in total. The zero-order valence-electron chi connectivity index (χ0n) is 39.4. The number of allylic oxidation sites excluding steroid dienone is 9. The maximum absolute atomic E-state index is 12.4. The maximum atomic E-state index is 12.4. The number of unbranched alkanes of at least 4 members (excludes halogenated alkanes) is 28. The Morgan fingerprint density at radius 1 is 0.483 bits per heavy atom. The minimum Gasteiger partial charge on any atom is -0.466 e. The molecule has 0 aliphatic rings. The van der Waals surface area contributed by atoms with Crippen molar-refractivity contribution in [1.82, 2.24) is 5.32 Å². The van der Waals surface area contributed by atoms with Crippen LogP contribution in [0.4, 0.5) is 0 Å². The summed E-state index contributed by atoms with van der Waals surface area (Å²) in [5, 5.41) is 22.9. The molecule has 0 bridgehead atoms. The van der Waals surface area contributed by atoms with E-state index >= 15 is 0 Å². The number of rotatable bonds is 46. The Bertz CT molecular complexity index is 1060. The van der Waals surface area contributed by atoms with Gasteiger partial charge in [0.15, 0.2) is 0 Å². The number of carbonyl (C=O) groups is 2. The highest BCUT2D eigenvalue weighted by molar-refractivity contribution is 5.76. The molecule has 1 amide bonds. The summed E-state index contributed by atoms with van der Waals surface area (Å²) in [6.45, 7) is 4.77. The molecule has 0 saturated heterocycles. The van der Waals surface area contributed by atoms with Gasteiger partial charge in [-0.15, -0.1) is 0 Å². The Kier molecular flexibility index (Phi) is 47.2. The number of hydrogen-bond acceptors (Lipinski definition) is 5. The average molecular weight is 840 g/mol. The SMILES string of the molecule is CCCCC/C=C\C/C=C\CCCCCCCCCCCC(=O)OCCCCC/C=C\C=C/CCCCCCCCC(=O)NC(CO)C(O)/C=C/CCCCCCCCC. The Balaban J connectivity index is 3.52. The molecule has 2 atom stereocenters. The van der Waals surface area contributed by atoms with E-state index in [1.807, 2.05) is 6.08 Å². The Hall–Kier alpha value is -2.44. The van der Waals surface area contributed by atoms with Gasteiger partial charge in [0.25, 0.3) is 0 Å². The van der Waals surface area contributed by atoms with Crippen molar-refractivity contribution in [3.05, 3.63) is 60.8 Å². The zero-order valence-corrected chi connectivity index (χ0v) is 39.4. The van der Waals surface area contributed by atoms with E-state index in [4.69, 9.17) is 4.74 Å². The van der Waals surface area contributed by atoms with Crippen LogP contribution in [-0.2, 0) is 14.3 Å². The molecule has 0 aliphatic heterocycles. The number of hydrogen-bond donors (Lipinski definition) is 3. The summed E-state index contributed by atoms with van der Waals surface area (Å²) in [6, 6.07) is -0.644. The first-order valence-electron chi connectivity index (χ1n) is 25.6. The fourth-order valence-corrected chi connectivity index (χ4v) is 7.30. The number of ether oxygens (including phenoxy) is 1. The third kappa shape index (κ3) is 45.1. The fourth-order valence-electron chi connectivity index (χ4n) is 7.30. The van der Waals surface area contributed by atoms with Gasteiger partial charge in [0.1, 0.15) is 0 Å². The molecular formula is C54H97NO5. The van der Waals surface area contributed by atoms with Gasteiger partial charge in [-0.2, -0.15) is 0 Å². The zero-order chi connectivity index (χ0) is 43.7. The molecule has 0 aliphatic carbocycles. The molecule has 348 valence electrons. The average Bonchev–Trinajstić information content (AvgIpc) is 3.25. The van der Waals surface area contributed by atoms with Crippen LogP contribution in [0.5, 0.6) is 0 Å². The van der Waals surface area contributed by atoms with Crippen LogP contribution in [-0.4, -0.2) is 47.4 Å². The summed E-state index contributed by atoms with van der Waals surface area (Å²) in [6.07, 6.45) is 62.3. The normalized spacial score (nSPS) is 13.2. The van der Waals surface area contributed by atoms with Crippen molar-refractivity contribution in [3.8, 4) is 0 Å². The van der Waals surface area contributed by atoms with Crippen LogP contribution in [0, 0.1) is 0 Å².